The van der Waals surface area contributed by atoms with E-state index in [4.69, 9.17) is 10.5 Å². The Morgan fingerprint density at radius 2 is 1.95 bits per heavy atom. The number of nitrogen functional groups attached to an aromatic ring is 1. The summed E-state index contributed by atoms with van der Waals surface area (Å²) in [7, 11) is 1.38. The molecule has 6 heteroatoms. The Bertz CT molecular complexity index is 798. The molecular weight excluding hydrogens is 264 g/mol. The minimum absolute atomic E-state index is 0.128. The van der Waals surface area contributed by atoms with Gasteiger partial charge in [0.1, 0.15) is 5.82 Å². The minimum Gasteiger partial charge on any atom is -0.494 e. The smallest absolute Gasteiger partial charge is 0.205 e. The summed E-state index contributed by atoms with van der Waals surface area (Å²) in [5.41, 5.74) is 7.30. The number of hydrogen-bond acceptors (Lipinski definition) is 3. The van der Waals surface area contributed by atoms with Crippen LogP contribution in [0.4, 0.5) is 14.7 Å². The van der Waals surface area contributed by atoms with E-state index in [9.17, 15) is 8.78 Å². The molecule has 0 bridgehead atoms. The fourth-order valence-electron chi connectivity index (χ4n) is 2.13. The molecule has 2 aromatic carbocycles. The third kappa shape index (κ3) is 1.85. The van der Waals surface area contributed by atoms with Crippen molar-refractivity contribution in [3.63, 3.8) is 0 Å². The predicted octanol–water partition coefficient (Wildman–Crippen LogP) is 2.89. The maximum Gasteiger partial charge on any atom is 0.205 e. The number of hydrogen-bond donors (Lipinski definition) is 1. The Morgan fingerprint density at radius 1 is 1.15 bits per heavy atom. The Labute approximate surface area is 113 Å². The monoisotopic (exact) mass is 275 g/mol. The van der Waals surface area contributed by atoms with Crippen molar-refractivity contribution >= 4 is 17.0 Å². The predicted molar refractivity (Wildman–Crippen MR) is 72.0 cm³/mol. The Hall–Kier alpha value is -2.63. The largest absolute Gasteiger partial charge is 0.494 e. The topological polar surface area (TPSA) is 53.1 Å². The van der Waals surface area contributed by atoms with Crippen molar-refractivity contribution in [2.45, 2.75) is 0 Å². The number of aromatic nitrogens is 2. The van der Waals surface area contributed by atoms with E-state index in [1.807, 2.05) is 0 Å². The molecule has 0 aliphatic rings. The van der Waals surface area contributed by atoms with E-state index >= 15 is 0 Å². The standard InChI is InChI=1S/C14H11F2N3O/c1-20-13-5-3-9(7-10(13)16)19-12-6-8(15)2-4-11(12)18-14(19)17/h2-7H,1H3,(H2,17,18). The molecule has 0 unspecified atom stereocenters. The van der Waals surface area contributed by atoms with Crippen molar-refractivity contribution < 1.29 is 13.5 Å². The Kier molecular flexibility index (Phi) is 2.78. The number of ether oxygens (including phenoxy) is 1. The number of nitrogens with zero attached hydrogens (tertiary/aromatic N) is 2. The van der Waals surface area contributed by atoms with Crippen molar-refractivity contribution in [3.05, 3.63) is 48.0 Å². The molecule has 1 heterocycles. The third-order valence-corrected chi connectivity index (χ3v) is 3.04. The summed E-state index contributed by atoms with van der Waals surface area (Å²) >= 11 is 0. The third-order valence-electron chi connectivity index (χ3n) is 3.04. The van der Waals surface area contributed by atoms with Gasteiger partial charge in [-0.25, -0.2) is 13.8 Å². The molecule has 0 fully saturated rings. The molecular formula is C14H11F2N3O. The highest BCUT2D eigenvalue weighted by molar-refractivity contribution is 5.80. The maximum absolute atomic E-state index is 13.8. The molecule has 0 spiro atoms. The second-order valence-corrected chi connectivity index (χ2v) is 4.26. The van der Waals surface area contributed by atoms with Gasteiger partial charge in [-0.1, -0.05) is 0 Å². The van der Waals surface area contributed by atoms with Crippen molar-refractivity contribution in [2.24, 2.45) is 0 Å². The van der Waals surface area contributed by atoms with E-state index in [2.05, 4.69) is 4.98 Å². The molecule has 0 saturated heterocycles. The molecule has 0 aliphatic heterocycles. The van der Waals surface area contributed by atoms with Crippen LogP contribution in [0.25, 0.3) is 16.7 Å². The zero-order valence-electron chi connectivity index (χ0n) is 10.6. The summed E-state index contributed by atoms with van der Waals surface area (Å²) in [6.45, 7) is 0. The van der Waals surface area contributed by atoms with Crippen LogP contribution in [0.1, 0.15) is 0 Å². The van der Waals surface area contributed by atoms with Gasteiger partial charge in [0.2, 0.25) is 5.95 Å². The zero-order chi connectivity index (χ0) is 14.3. The van der Waals surface area contributed by atoms with Gasteiger partial charge in [-0.2, -0.15) is 0 Å². The first-order valence-corrected chi connectivity index (χ1v) is 5.87. The summed E-state index contributed by atoms with van der Waals surface area (Å²) in [4.78, 5) is 4.12. The lowest BCUT2D eigenvalue weighted by atomic mass is 10.2. The average molecular weight is 275 g/mol. The van der Waals surface area contributed by atoms with Gasteiger partial charge in [-0.3, -0.25) is 4.57 Å². The molecule has 0 amide bonds. The lowest BCUT2D eigenvalue weighted by molar-refractivity contribution is 0.386. The maximum atomic E-state index is 13.8. The second-order valence-electron chi connectivity index (χ2n) is 4.26. The summed E-state index contributed by atoms with van der Waals surface area (Å²) in [6.07, 6.45) is 0. The SMILES string of the molecule is COc1ccc(-n2c(N)nc3ccc(F)cc32)cc1F. The molecule has 1 aromatic heterocycles. The summed E-state index contributed by atoms with van der Waals surface area (Å²) in [5, 5.41) is 0. The average Bonchev–Trinajstić information content (AvgIpc) is 2.74. The number of benzene rings is 2. The number of anilines is 1. The van der Waals surface area contributed by atoms with Crippen molar-refractivity contribution in [3.8, 4) is 11.4 Å². The quantitative estimate of drug-likeness (QED) is 0.782. The fourth-order valence-corrected chi connectivity index (χ4v) is 2.13. The molecule has 0 saturated carbocycles. The van der Waals surface area contributed by atoms with Crippen molar-refractivity contribution in [1.82, 2.24) is 9.55 Å². The molecule has 4 nitrogen and oxygen atoms in total. The molecule has 0 aliphatic carbocycles. The van der Waals surface area contributed by atoms with Crippen LogP contribution in [0.5, 0.6) is 5.75 Å². The van der Waals surface area contributed by atoms with Crippen LogP contribution in [0, 0.1) is 11.6 Å². The Balaban J connectivity index is 2.26. The first-order chi connectivity index (χ1) is 9.60. The number of nitrogens with two attached hydrogens (primary N) is 1. The van der Waals surface area contributed by atoms with Crippen molar-refractivity contribution in [1.29, 1.82) is 0 Å². The highest BCUT2D eigenvalue weighted by Crippen LogP contribution is 2.26. The van der Waals surface area contributed by atoms with Gasteiger partial charge in [-0.15, -0.1) is 0 Å². The number of fused-ring (bicyclic) bond motifs is 1. The highest BCUT2D eigenvalue weighted by atomic mass is 19.1. The number of rotatable bonds is 2. The molecule has 0 atom stereocenters. The van der Waals surface area contributed by atoms with Gasteiger partial charge >= 0.3 is 0 Å². The molecule has 102 valence electrons. The fraction of sp³-hybridized carbons (Fsp3) is 0.0714. The van der Waals surface area contributed by atoms with E-state index in [1.165, 1.54) is 42.0 Å². The van der Waals surface area contributed by atoms with Gasteiger partial charge < -0.3 is 10.5 Å². The van der Waals surface area contributed by atoms with Crippen LogP contribution in [-0.2, 0) is 0 Å². The minimum atomic E-state index is -0.525. The summed E-state index contributed by atoms with van der Waals surface area (Å²) in [5.74, 6) is -0.645. The Morgan fingerprint density at radius 3 is 2.65 bits per heavy atom. The molecule has 2 N–H and O–H groups in total. The second kappa shape index (κ2) is 4.48. The van der Waals surface area contributed by atoms with E-state index in [1.54, 1.807) is 6.07 Å². The van der Waals surface area contributed by atoms with Crippen LogP contribution in [0.2, 0.25) is 0 Å². The first-order valence-electron chi connectivity index (χ1n) is 5.87. The van der Waals surface area contributed by atoms with Crippen LogP contribution in [0.3, 0.4) is 0 Å². The van der Waals surface area contributed by atoms with Gasteiger partial charge in [-0.05, 0) is 24.3 Å². The molecule has 3 aromatic rings. The lowest BCUT2D eigenvalue weighted by Gasteiger charge is -2.08. The summed E-state index contributed by atoms with van der Waals surface area (Å²) in [6, 6.07) is 8.51. The zero-order valence-corrected chi connectivity index (χ0v) is 10.6. The number of imidazole rings is 1. The van der Waals surface area contributed by atoms with Crippen LogP contribution < -0.4 is 10.5 Å². The summed E-state index contributed by atoms with van der Waals surface area (Å²) < 4.78 is 33.5. The number of halogens is 2. The van der Waals surface area contributed by atoms with E-state index in [0.717, 1.165) is 0 Å². The van der Waals surface area contributed by atoms with Crippen LogP contribution in [0.15, 0.2) is 36.4 Å². The van der Waals surface area contributed by atoms with Crippen molar-refractivity contribution in [2.75, 3.05) is 12.8 Å². The molecule has 20 heavy (non-hydrogen) atoms. The first kappa shape index (κ1) is 12.4. The molecule has 0 radical (unpaired) electrons. The van der Waals surface area contributed by atoms with Gasteiger partial charge in [0, 0.05) is 12.1 Å². The van der Waals surface area contributed by atoms with E-state index in [0.29, 0.717) is 16.7 Å². The van der Waals surface area contributed by atoms with E-state index < -0.39 is 11.6 Å². The van der Waals surface area contributed by atoms with Crippen LogP contribution >= 0.6 is 0 Å². The molecule has 3 rings (SSSR count). The van der Waals surface area contributed by atoms with E-state index in [-0.39, 0.29) is 11.7 Å². The normalized spacial score (nSPS) is 10.9. The number of methoxy groups -OCH3 is 1. The highest BCUT2D eigenvalue weighted by Gasteiger charge is 2.13. The lowest BCUT2D eigenvalue weighted by Crippen LogP contribution is -2.01. The van der Waals surface area contributed by atoms with Gasteiger partial charge in [0.15, 0.2) is 11.6 Å². The van der Waals surface area contributed by atoms with Crippen LogP contribution in [-0.4, -0.2) is 16.7 Å². The van der Waals surface area contributed by atoms with Gasteiger partial charge in [0.25, 0.3) is 0 Å². The van der Waals surface area contributed by atoms with Gasteiger partial charge in [0.05, 0.1) is 23.8 Å².